The van der Waals surface area contributed by atoms with Crippen LogP contribution in [-0.4, -0.2) is 255 Å². The molecule has 52 nitrogen and oxygen atoms in total. The number of aromatic amines is 4. The Hall–Kier alpha value is -11.2. The molecule has 8 saturated heterocycles. The van der Waals surface area contributed by atoms with E-state index in [4.69, 9.17) is 93.0 Å². The van der Waals surface area contributed by atoms with Gasteiger partial charge in [0.05, 0.1) is 77.3 Å². The maximum atomic E-state index is 13.8. The summed E-state index contributed by atoms with van der Waals surface area (Å²) >= 11 is 0. The molecule has 8 aromatic rings. The topological polar surface area (TPSA) is 670 Å². The molecule has 12 heterocycles. The summed E-state index contributed by atoms with van der Waals surface area (Å²) in [7, 11) is -17.0. The van der Waals surface area contributed by atoms with Gasteiger partial charge in [0.2, 0.25) is 0 Å². The van der Waals surface area contributed by atoms with Crippen LogP contribution < -0.4 is 83.4 Å². The highest BCUT2D eigenvalue weighted by Gasteiger charge is 2.67. The number of benzene rings is 4. The highest BCUT2D eigenvalue weighted by molar-refractivity contribution is 7.53. The number of aliphatic hydroxyl groups excluding tert-OH is 4. The van der Waals surface area contributed by atoms with Gasteiger partial charge in [-0.05, 0) is 159 Å². The number of esters is 4. The summed E-state index contributed by atoms with van der Waals surface area (Å²) in [5.74, 6) is -1.82. The monoisotopic (exact) mass is 2160 g/mol. The van der Waals surface area contributed by atoms with Crippen LogP contribution in [0.2, 0.25) is 0 Å². The Balaban J connectivity index is 0.000000165. The molecule has 0 aliphatic carbocycles. The molecule has 0 saturated carbocycles. The van der Waals surface area contributed by atoms with E-state index in [0.29, 0.717) is 0 Å². The molecule has 8 fully saturated rings. The van der Waals surface area contributed by atoms with Crippen molar-refractivity contribution < 1.29 is 151 Å². The Bertz CT molecular complexity index is 5980. The second kappa shape index (κ2) is 47.1. The van der Waals surface area contributed by atoms with Crippen molar-refractivity contribution in [3.8, 4) is 23.0 Å². The summed E-state index contributed by atoms with van der Waals surface area (Å²) in [6.07, 6.45) is -9.45. The number of carbonyl (C=O) groups is 4. The molecular formula is C92H120N12O40P4. The number of hydrogen-bond donors (Lipinski definition) is 12. The molecule has 56 heteroatoms. The average molecular weight is 2160 g/mol. The minimum atomic E-state index is -4.24. The number of hydrogen-bond acceptors (Lipinski definition) is 40. The van der Waals surface area contributed by atoms with E-state index < -0.39 is 271 Å². The van der Waals surface area contributed by atoms with E-state index >= 15 is 0 Å². The van der Waals surface area contributed by atoms with E-state index in [-0.39, 0.29) is 71.7 Å². The first kappa shape index (κ1) is 114. The fraction of sp³-hybridized carbons (Fsp3) is 0.522. The minimum absolute atomic E-state index is 0.122. The molecule has 0 spiro atoms. The zero-order valence-electron chi connectivity index (χ0n) is 83.1. The lowest BCUT2D eigenvalue weighted by Crippen LogP contribution is -2.46. The fourth-order valence-electron chi connectivity index (χ4n) is 16.2. The van der Waals surface area contributed by atoms with Gasteiger partial charge in [-0.25, -0.2) is 37.4 Å². The molecule has 0 radical (unpaired) electrons. The van der Waals surface area contributed by atoms with Crippen LogP contribution in [0.25, 0.3) is 0 Å². The predicted molar refractivity (Wildman–Crippen MR) is 516 cm³/mol. The normalized spacial score (nSPS) is 27.1. The lowest BCUT2D eigenvalue weighted by Gasteiger charge is -2.32. The molecule has 12 N–H and O–H groups in total. The minimum Gasteiger partial charge on any atom is -0.462 e. The number of ether oxygens (including phenoxy) is 12. The van der Waals surface area contributed by atoms with Gasteiger partial charge in [0.15, 0.2) is 24.9 Å². The smallest absolute Gasteiger partial charge is 0.459 e. The lowest BCUT2D eigenvalue weighted by molar-refractivity contribution is -0.185. The van der Waals surface area contributed by atoms with Crippen molar-refractivity contribution in [2.75, 3.05) is 52.9 Å². The third kappa shape index (κ3) is 26.7. The number of H-pyrrole nitrogens is 4. The summed E-state index contributed by atoms with van der Waals surface area (Å²) in [6.45, 7) is 23.0. The van der Waals surface area contributed by atoms with E-state index in [1.165, 1.54) is 80.2 Å². The second-order valence-electron chi connectivity index (χ2n) is 37.1. The number of aromatic nitrogens is 8. The van der Waals surface area contributed by atoms with Gasteiger partial charge in [-0.2, -0.15) is 20.3 Å². The van der Waals surface area contributed by atoms with Crippen molar-refractivity contribution in [1.82, 2.24) is 58.6 Å². The first-order valence-corrected chi connectivity index (χ1v) is 53.0. The molecular weight excluding hydrogens is 2040 g/mol. The molecule has 4 aromatic carbocycles. The number of nitrogens with zero attached hydrogens (tertiary/aromatic N) is 4. The number of nitrogens with one attached hydrogen (secondary N) is 8. The van der Waals surface area contributed by atoms with Gasteiger partial charge >= 0.3 is 77.6 Å². The molecule has 1 unspecified atom stereocenters. The molecule has 8 aliphatic rings. The maximum absolute atomic E-state index is 13.8. The van der Waals surface area contributed by atoms with Crippen LogP contribution in [0.1, 0.15) is 130 Å². The van der Waals surface area contributed by atoms with Crippen molar-refractivity contribution in [1.29, 1.82) is 0 Å². The third-order valence-corrected chi connectivity index (χ3v) is 30.2. The SMILES string of the molecule is Cc1cn([C@@H]2O[C@@]3(COP(=O)(N[C@@H](C)C(=O)OC(C)C)Oc4ccccc4)CO[C@@H]2[C@@H]3O)c(=O)[nH]c1=O.Cc1cn([C@@H]2O[C@@]3(CO[P@@](=O)(N[C@H](C)C(=O)OC(C)C)Oc4ccccc4)CO[C@@H]2[C@@H]3O)c(=O)[nH]c1=O.Cc1cn([C@@H]2O[C@@]3(CO[P@](=O)(N[C@@H](C)C(=O)OC(C)C)Oc4ccccc4)CO[C@@H]2[C@@H]3O)c(=O)[nH]c1=O.Cc1cn([C@@H]2O[C@@]3(CO[P@](=O)(N[C@H](C)C(=O)OC(C)C)Oc4ccccc4)CO[C@@H]2[C@@H]3O)c(=O)[nH]c1=O. The first-order chi connectivity index (χ1) is 69.7. The molecule has 808 valence electrons. The Labute approximate surface area is 843 Å². The van der Waals surface area contributed by atoms with E-state index in [2.05, 4.69) is 40.3 Å². The Morgan fingerprint density at radius 1 is 0.324 bits per heavy atom. The van der Waals surface area contributed by atoms with Crippen LogP contribution in [0, 0.1) is 27.7 Å². The average Bonchev–Trinajstić information content (AvgIpc) is 1.59. The molecule has 0 amide bonds. The van der Waals surface area contributed by atoms with Crippen molar-refractivity contribution in [2.24, 2.45) is 0 Å². The number of aliphatic hydroxyl groups is 4. The highest BCUT2D eigenvalue weighted by atomic mass is 31.2. The van der Waals surface area contributed by atoms with Crippen LogP contribution in [0.3, 0.4) is 0 Å². The summed E-state index contributed by atoms with van der Waals surface area (Å²) in [5, 5.41) is 54.0. The third-order valence-electron chi connectivity index (χ3n) is 23.7. The summed E-state index contributed by atoms with van der Waals surface area (Å²) in [6, 6.07) is 28.5. The highest BCUT2D eigenvalue weighted by Crippen LogP contribution is 2.56. The molecule has 16 rings (SSSR count). The number of para-hydroxylation sites is 4. The molecule has 8 bridgehead atoms. The lowest BCUT2D eigenvalue weighted by atomic mass is 10.0. The van der Waals surface area contributed by atoms with Gasteiger partial charge in [0.1, 0.15) is 118 Å². The molecule has 24 atom stereocenters. The molecule has 4 aromatic heterocycles. The van der Waals surface area contributed by atoms with Crippen molar-refractivity contribution in [3.05, 3.63) is 252 Å². The standard InChI is InChI=1S/4C23H30N3O10P/c4*1-13(2)34-21(29)15(4)25-37(31,36-16-8-6-5-7-9-16)33-12-23-11-32-17(18(23)27)20(35-23)26-10-14(3)19(28)24-22(26)30/h4*5-10,13,15,17-18,20,27H,11-12H2,1-4H3,(H,25,31)(H,24,28,30)/t15-,17+,18-,20+,23+,37?;15-,17+,18-,20+,23+,37+;15-,17-,18+,20-,23-,37+;15-,17-,18+,20-,23-,37-/m0011/s1. The van der Waals surface area contributed by atoms with Gasteiger partial charge < -0.3 is 95.4 Å². The van der Waals surface area contributed by atoms with Crippen LogP contribution >= 0.6 is 31.0 Å². The Morgan fingerprint density at radius 2 is 0.500 bits per heavy atom. The predicted octanol–water partition coefficient (Wildman–Crippen LogP) is 4.02. The fourth-order valence-corrected chi connectivity index (χ4v) is 22.4. The van der Waals surface area contributed by atoms with E-state index in [9.17, 15) is 96.2 Å². The van der Waals surface area contributed by atoms with Crippen molar-refractivity contribution >= 4 is 54.9 Å². The van der Waals surface area contributed by atoms with E-state index in [1.807, 2.05) is 0 Å². The Kier molecular flexibility index (Phi) is 36.3. The Morgan fingerprint density at radius 3 is 0.669 bits per heavy atom. The van der Waals surface area contributed by atoms with Gasteiger partial charge in [-0.1, -0.05) is 72.8 Å². The van der Waals surface area contributed by atoms with E-state index in [0.717, 1.165) is 18.3 Å². The maximum Gasteiger partial charge on any atom is 0.459 e. The van der Waals surface area contributed by atoms with Crippen LogP contribution in [0.4, 0.5) is 0 Å². The number of fused-ring (bicyclic) bond motifs is 8. The van der Waals surface area contributed by atoms with Gasteiger partial charge in [0, 0.05) is 47.0 Å². The molecule has 148 heavy (non-hydrogen) atoms. The quantitative estimate of drug-likeness (QED) is 0.0146. The number of rotatable bonds is 40. The zero-order valence-corrected chi connectivity index (χ0v) is 86.7. The van der Waals surface area contributed by atoms with Crippen LogP contribution in [0.5, 0.6) is 23.0 Å². The summed E-state index contributed by atoms with van der Waals surface area (Å²) in [5.41, 5.74) is -10.1. The van der Waals surface area contributed by atoms with Gasteiger partial charge in [0.25, 0.3) is 22.2 Å². The summed E-state index contributed by atoms with van der Waals surface area (Å²) in [4.78, 5) is 155. The van der Waals surface area contributed by atoms with Gasteiger partial charge in [-0.3, -0.25) is 94.7 Å². The zero-order chi connectivity index (χ0) is 108. The number of aryl methyl sites for hydroxylation is 4. The van der Waals surface area contributed by atoms with Crippen molar-refractivity contribution in [2.45, 2.75) is 256 Å². The van der Waals surface area contributed by atoms with Crippen LogP contribution in [-0.2, 0) is 112 Å². The second-order valence-corrected chi connectivity index (χ2v) is 43.9. The van der Waals surface area contributed by atoms with Crippen molar-refractivity contribution in [3.63, 3.8) is 0 Å². The number of carbonyl (C=O) groups excluding carboxylic acids is 4. The van der Waals surface area contributed by atoms with E-state index in [1.54, 1.807) is 177 Å². The van der Waals surface area contributed by atoms with Gasteiger partial charge in [-0.15, -0.1) is 0 Å². The largest absolute Gasteiger partial charge is 0.462 e. The van der Waals surface area contributed by atoms with Crippen LogP contribution in [0.15, 0.2) is 184 Å². The first-order valence-electron chi connectivity index (χ1n) is 46.8. The summed E-state index contributed by atoms with van der Waals surface area (Å²) < 4.78 is 172. The molecule has 8 aliphatic heterocycles.